The van der Waals surface area contributed by atoms with Gasteiger partial charge in [-0.1, -0.05) is 19.0 Å². The maximum Gasteiger partial charge on any atom is 0.248 e. The van der Waals surface area contributed by atoms with E-state index in [2.05, 4.69) is 15.5 Å². The zero-order valence-electron chi connectivity index (χ0n) is 13.5. The van der Waals surface area contributed by atoms with Crippen LogP contribution < -0.4 is 10.1 Å². The van der Waals surface area contributed by atoms with Crippen LogP contribution in [0.4, 0.5) is 5.69 Å². The molecular formula is C16H23N3O3. The average molecular weight is 305 g/mol. The van der Waals surface area contributed by atoms with E-state index in [0.29, 0.717) is 24.1 Å². The monoisotopic (exact) mass is 305 g/mol. The molecule has 0 amide bonds. The van der Waals surface area contributed by atoms with Crippen LogP contribution in [0, 0.1) is 0 Å². The number of nitrogens with one attached hydrogen (secondary N) is 1. The fourth-order valence-corrected chi connectivity index (χ4v) is 2.06. The van der Waals surface area contributed by atoms with Crippen LogP contribution in [0.1, 0.15) is 56.9 Å². The molecule has 0 aliphatic carbocycles. The van der Waals surface area contributed by atoms with Crippen molar-refractivity contribution in [2.75, 3.05) is 11.9 Å². The van der Waals surface area contributed by atoms with Crippen LogP contribution in [0.3, 0.4) is 0 Å². The first-order valence-corrected chi connectivity index (χ1v) is 7.51. The average Bonchev–Trinajstić information content (AvgIpc) is 2.99. The fourth-order valence-electron chi connectivity index (χ4n) is 2.06. The largest absolute Gasteiger partial charge is 0.494 e. The Morgan fingerprint density at radius 2 is 2.09 bits per heavy atom. The lowest BCUT2D eigenvalue weighted by Crippen LogP contribution is -2.08. The minimum absolute atomic E-state index is 0.0721. The minimum atomic E-state index is -0.121. The molecule has 0 saturated heterocycles. The first kappa shape index (κ1) is 16.3. The summed E-state index contributed by atoms with van der Waals surface area (Å²) in [4.78, 5) is 4.38. The molecule has 1 unspecified atom stereocenters. The van der Waals surface area contributed by atoms with Gasteiger partial charge in [0, 0.05) is 17.2 Å². The number of anilines is 1. The first-order valence-electron chi connectivity index (χ1n) is 7.51. The van der Waals surface area contributed by atoms with Gasteiger partial charge < -0.3 is 19.7 Å². The Morgan fingerprint density at radius 3 is 2.68 bits per heavy atom. The molecule has 0 saturated carbocycles. The number of rotatable bonds is 7. The predicted octanol–water partition coefficient (Wildman–Crippen LogP) is 3.26. The van der Waals surface area contributed by atoms with Crippen LogP contribution in [0.25, 0.3) is 0 Å². The van der Waals surface area contributed by atoms with Crippen LogP contribution in [0.15, 0.2) is 22.7 Å². The van der Waals surface area contributed by atoms with Crippen molar-refractivity contribution >= 4 is 5.69 Å². The van der Waals surface area contributed by atoms with Gasteiger partial charge in [-0.15, -0.1) is 0 Å². The molecule has 120 valence electrons. The van der Waals surface area contributed by atoms with E-state index < -0.39 is 0 Å². The molecule has 2 N–H and O–H groups in total. The maximum atomic E-state index is 9.44. The molecule has 6 heteroatoms. The number of nitrogens with zero attached hydrogens (tertiary/aromatic N) is 2. The molecular weight excluding hydrogens is 282 g/mol. The van der Waals surface area contributed by atoms with Gasteiger partial charge >= 0.3 is 0 Å². The summed E-state index contributed by atoms with van der Waals surface area (Å²) in [5.41, 5.74) is 1.61. The number of ether oxygens (including phenoxy) is 1. The van der Waals surface area contributed by atoms with E-state index in [1.54, 1.807) is 0 Å². The van der Waals surface area contributed by atoms with E-state index in [1.165, 1.54) is 0 Å². The summed E-state index contributed by atoms with van der Waals surface area (Å²) in [6.45, 7) is 8.40. The van der Waals surface area contributed by atoms with Crippen LogP contribution in [-0.4, -0.2) is 21.9 Å². The van der Waals surface area contributed by atoms with Gasteiger partial charge in [-0.25, -0.2) is 0 Å². The van der Waals surface area contributed by atoms with E-state index in [1.807, 2.05) is 45.9 Å². The highest BCUT2D eigenvalue weighted by Gasteiger charge is 2.16. The normalized spacial score (nSPS) is 12.5. The van der Waals surface area contributed by atoms with E-state index in [9.17, 15) is 5.11 Å². The number of benzene rings is 1. The molecule has 0 spiro atoms. The zero-order chi connectivity index (χ0) is 16.1. The number of aromatic nitrogens is 2. The van der Waals surface area contributed by atoms with Crippen molar-refractivity contribution in [1.82, 2.24) is 10.1 Å². The molecule has 0 fully saturated rings. The van der Waals surface area contributed by atoms with Gasteiger partial charge in [0.1, 0.15) is 11.8 Å². The molecule has 0 bridgehead atoms. The third kappa shape index (κ3) is 3.76. The van der Waals surface area contributed by atoms with Crippen molar-refractivity contribution in [1.29, 1.82) is 0 Å². The molecule has 22 heavy (non-hydrogen) atoms. The van der Waals surface area contributed by atoms with Crippen LogP contribution >= 0.6 is 0 Å². The van der Waals surface area contributed by atoms with Crippen molar-refractivity contribution in [2.45, 2.75) is 46.3 Å². The van der Waals surface area contributed by atoms with Gasteiger partial charge in [0.2, 0.25) is 5.89 Å². The SMILES string of the molecule is CCOc1ccc(NC(C)c2nc(C(C)C)no2)cc1CO. The molecule has 1 atom stereocenters. The minimum Gasteiger partial charge on any atom is -0.494 e. The lowest BCUT2D eigenvalue weighted by molar-refractivity contribution is 0.267. The lowest BCUT2D eigenvalue weighted by Gasteiger charge is -2.14. The second-order valence-electron chi connectivity index (χ2n) is 5.43. The Balaban J connectivity index is 2.11. The Morgan fingerprint density at radius 1 is 1.32 bits per heavy atom. The van der Waals surface area contributed by atoms with E-state index in [0.717, 1.165) is 11.3 Å². The van der Waals surface area contributed by atoms with Gasteiger partial charge in [0.25, 0.3) is 0 Å². The van der Waals surface area contributed by atoms with E-state index >= 15 is 0 Å². The van der Waals surface area contributed by atoms with Crippen molar-refractivity contribution in [3.8, 4) is 5.75 Å². The highest BCUT2D eigenvalue weighted by atomic mass is 16.5. The summed E-state index contributed by atoms with van der Waals surface area (Å²) in [5, 5.41) is 16.7. The van der Waals surface area contributed by atoms with Gasteiger partial charge in [0.05, 0.1) is 13.2 Å². The predicted molar refractivity (Wildman–Crippen MR) is 84.0 cm³/mol. The standard InChI is InChI=1S/C16H23N3O3/c1-5-21-14-7-6-13(8-12(14)9-20)17-11(4)16-18-15(10(2)3)19-22-16/h6-8,10-11,17,20H,5,9H2,1-4H3. The summed E-state index contributed by atoms with van der Waals surface area (Å²) >= 11 is 0. The molecule has 0 aliphatic rings. The first-order chi connectivity index (χ1) is 10.5. The Bertz CT molecular complexity index is 610. The molecule has 2 aromatic rings. The van der Waals surface area contributed by atoms with Gasteiger partial charge in [-0.2, -0.15) is 4.98 Å². The van der Waals surface area contributed by atoms with Gasteiger partial charge in [0.15, 0.2) is 5.82 Å². The smallest absolute Gasteiger partial charge is 0.248 e. The van der Waals surface area contributed by atoms with E-state index in [-0.39, 0.29) is 18.6 Å². The van der Waals surface area contributed by atoms with Crippen LogP contribution in [0.2, 0.25) is 0 Å². The van der Waals surface area contributed by atoms with Crippen molar-refractivity contribution in [2.24, 2.45) is 0 Å². The quantitative estimate of drug-likeness (QED) is 0.817. The molecule has 1 aromatic heterocycles. The van der Waals surface area contributed by atoms with Crippen LogP contribution in [-0.2, 0) is 6.61 Å². The van der Waals surface area contributed by atoms with Crippen molar-refractivity contribution in [3.63, 3.8) is 0 Å². The highest BCUT2D eigenvalue weighted by Crippen LogP contribution is 2.26. The molecule has 6 nitrogen and oxygen atoms in total. The molecule has 1 heterocycles. The Kier molecular flexibility index (Phi) is 5.38. The van der Waals surface area contributed by atoms with Gasteiger partial charge in [-0.3, -0.25) is 0 Å². The zero-order valence-corrected chi connectivity index (χ0v) is 13.5. The number of hydrogen-bond acceptors (Lipinski definition) is 6. The fraction of sp³-hybridized carbons (Fsp3) is 0.500. The number of aliphatic hydroxyl groups excluding tert-OH is 1. The summed E-state index contributed by atoms with van der Waals surface area (Å²) in [6.07, 6.45) is 0. The summed E-state index contributed by atoms with van der Waals surface area (Å²) in [7, 11) is 0. The second-order valence-corrected chi connectivity index (χ2v) is 5.43. The maximum absolute atomic E-state index is 9.44. The molecule has 1 aromatic carbocycles. The molecule has 0 radical (unpaired) electrons. The van der Waals surface area contributed by atoms with E-state index in [4.69, 9.17) is 9.26 Å². The lowest BCUT2D eigenvalue weighted by atomic mass is 10.1. The highest BCUT2D eigenvalue weighted by molar-refractivity contribution is 5.51. The van der Waals surface area contributed by atoms with Gasteiger partial charge in [-0.05, 0) is 32.0 Å². The topological polar surface area (TPSA) is 80.4 Å². The summed E-state index contributed by atoms with van der Waals surface area (Å²) < 4.78 is 10.8. The third-order valence-electron chi connectivity index (χ3n) is 3.26. The van der Waals surface area contributed by atoms with Crippen LogP contribution in [0.5, 0.6) is 5.75 Å². The Labute approximate surface area is 130 Å². The summed E-state index contributed by atoms with van der Waals surface area (Å²) in [6, 6.07) is 5.49. The third-order valence-corrected chi connectivity index (χ3v) is 3.26. The Hall–Kier alpha value is -2.08. The summed E-state index contributed by atoms with van der Waals surface area (Å²) in [5.74, 6) is 2.17. The molecule has 2 rings (SSSR count). The van der Waals surface area contributed by atoms with Crippen molar-refractivity contribution < 1.29 is 14.4 Å². The second kappa shape index (κ2) is 7.26. The number of aliphatic hydroxyl groups is 1. The molecule has 0 aliphatic heterocycles. The van der Waals surface area contributed by atoms with Crippen molar-refractivity contribution in [3.05, 3.63) is 35.5 Å². The number of hydrogen-bond donors (Lipinski definition) is 2.